The molecule has 1 spiro atoms. The summed E-state index contributed by atoms with van der Waals surface area (Å²) in [6, 6.07) is 9.17. The van der Waals surface area contributed by atoms with E-state index in [-0.39, 0.29) is 17.2 Å². The third-order valence-electron chi connectivity index (χ3n) is 6.38. The molecule has 2 aliphatic rings. The zero-order valence-corrected chi connectivity index (χ0v) is 17.0. The van der Waals surface area contributed by atoms with Crippen molar-refractivity contribution in [2.24, 2.45) is 5.41 Å². The summed E-state index contributed by atoms with van der Waals surface area (Å²) in [6.07, 6.45) is 9.19. The normalized spacial score (nSPS) is 18.3. The molecule has 0 N–H and O–H groups in total. The van der Waals surface area contributed by atoms with Gasteiger partial charge in [-0.25, -0.2) is 4.98 Å². The predicted octanol–water partition coefficient (Wildman–Crippen LogP) is 2.44. The van der Waals surface area contributed by atoms with Crippen LogP contribution in [-0.2, 0) is 11.2 Å². The summed E-state index contributed by atoms with van der Waals surface area (Å²) in [5.41, 5.74) is 2.06. The van der Waals surface area contributed by atoms with Gasteiger partial charge in [0.2, 0.25) is 5.91 Å². The Labute approximate surface area is 176 Å². The van der Waals surface area contributed by atoms with Crippen molar-refractivity contribution in [3.05, 3.63) is 59.7 Å². The number of hydrogen-bond donors (Lipinski definition) is 0. The van der Waals surface area contributed by atoms with Crippen molar-refractivity contribution < 1.29 is 9.59 Å². The number of carbonyl (C=O) groups excluding carboxylic acids is 2. The number of hydrogen-bond acceptors (Lipinski definition) is 5. The first-order valence-electron chi connectivity index (χ1n) is 10.4. The van der Waals surface area contributed by atoms with E-state index in [2.05, 4.69) is 9.97 Å². The predicted molar refractivity (Wildman–Crippen MR) is 110 cm³/mol. The molecule has 0 atom stereocenters. The lowest BCUT2D eigenvalue weighted by molar-refractivity contribution is -0.138. The van der Waals surface area contributed by atoms with E-state index in [4.69, 9.17) is 5.26 Å². The third-order valence-corrected chi connectivity index (χ3v) is 6.38. The van der Waals surface area contributed by atoms with Crippen LogP contribution in [0.2, 0.25) is 0 Å². The van der Waals surface area contributed by atoms with Crippen molar-refractivity contribution in [2.75, 3.05) is 26.2 Å². The lowest BCUT2D eigenvalue weighted by atomic mass is 9.72. The zero-order chi connectivity index (χ0) is 21.0. The number of pyridine rings is 2. The maximum absolute atomic E-state index is 12.8. The molecule has 2 saturated heterocycles. The Morgan fingerprint density at radius 2 is 2.00 bits per heavy atom. The SMILES string of the molecule is N#Cc1ccc(C(=O)N2CCC3(CCC(=O)N(CCc4cccnc4)C3)CC2)cn1. The first-order chi connectivity index (χ1) is 14.6. The van der Waals surface area contributed by atoms with E-state index in [1.165, 1.54) is 6.20 Å². The second-order valence-electron chi connectivity index (χ2n) is 8.26. The van der Waals surface area contributed by atoms with Crippen molar-refractivity contribution in [3.63, 3.8) is 0 Å². The minimum Gasteiger partial charge on any atom is -0.342 e. The molecule has 2 amide bonds. The average Bonchev–Trinajstić information content (AvgIpc) is 2.81. The summed E-state index contributed by atoms with van der Waals surface area (Å²) in [4.78, 5) is 37.3. The molecule has 2 aliphatic heterocycles. The number of rotatable bonds is 4. The van der Waals surface area contributed by atoms with E-state index in [1.807, 2.05) is 34.2 Å². The van der Waals surface area contributed by atoms with Crippen LogP contribution in [0.15, 0.2) is 42.9 Å². The van der Waals surface area contributed by atoms with Gasteiger partial charge in [-0.3, -0.25) is 14.6 Å². The van der Waals surface area contributed by atoms with Gasteiger partial charge in [0.25, 0.3) is 5.91 Å². The summed E-state index contributed by atoms with van der Waals surface area (Å²) in [5.74, 6) is 0.189. The molecular formula is C23H25N5O2. The van der Waals surface area contributed by atoms with Crippen LogP contribution in [0.25, 0.3) is 0 Å². The highest BCUT2D eigenvalue weighted by Crippen LogP contribution is 2.40. The largest absolute Gasteiger partial charge is 0.342 e. The summed E-state index contributed by atoms with van der Waals surface area (Å²) in [6.45, 7) is 2.85. The van der Waals surface area contributed by atoms with Crippen LogP contribution in [0.3, 0.4) is 0 Å². The van der Waals surface area contributed by atoms with Crippen molar-refractivity contribution in [2.45, 2.75) is 32.1 Å². The van der Waals surface area contributed by atoms with E-state index in [0.29, 0.717) is 37.3 Å². The smallest absolute Gasteiger partial charge is 0.255 e. The molecular weight excluding hydrogens is 378 g/mol. The summed E-state index contributed by atoms with van der Waals surface area (Å²) >= 11 is 0. The van der Waals surface area contributed by atoms with Crippen LogP contribution in [0, 0.1) is 16.7 Å². The Bertz CT molecular complexity index is 944. The van der Waals surface area contributed by atoms with E-state index in [0.717, 1.165) is 37.8 Å². The van der Waals surface area contributed by atoms with Crippen LogP contribution in [-0.4, -0.2) is 57.8 Å². The van der Waals surface area contributed by atoms with Crippen LogP contribution < -0.4 is 0 Å². The van der Waals surface area contributed by atoms with Crippen molar-refractivity contribution in [1.82, 2.24) is 19.8 Å². The van der Waals surface area contributed by atoms with Crippen LogP contribution in [0.5, 0.6) is 0 Å². The van der Waals surface area contributed by atoms with Crippen molar-refractivity contribution >= 4 is 11.8 Å². The molecule has 7 heteroatoms. The highest BCUT2D eigenvalue weighted by molar-refractivity contribution is 5.94. The summed E-state index contributed by atoms with van der Waals surface area (Å²) in [7, 11) is 0. The molecule has 0 bridgehead atoms. The van der Waals surface area contributed by atoms with Gasteiger partial charge in [0.15, 0.2) is 0 Å². The molecule has 2 aromatic rings. The minimum absolute atomic E-state index is 0.0397. The van der Waals surface area contributed by atoms with E-state index in [9.17, 15) is 9.59 Å². The highest BCUT2D eigenvalue weighted by Gasteiger charge is 2.41. The fraction of sp³-hybridized carbons (Fsp3) is 0.435. The monoisotopic (exact) mass is 403 g/mol. The number of amides is 2. The number of likely N-dealkylation sites (tertiary alicyclic amines) is 2. The van der Waals surface area contributed by atoms with Gasteiger partial charge in [-0.15, -0.1) is 0 Å². The number of nitrogens with zero attached hydrogens (tertiary/aromatic N) is 5. The minimum atomic E-state index is -0.0397. The van der Waals surface area contributed by atoms with Crippen LogP contribution in [0.4, 0.5) is 0 Å². The molecule has 4 heterocycles. The highest BCUT2D eigenvalue weighted by atomic mass is 16.2. The molecule has 0 unspecified atom stereocenters. The van der Waals surface area contributed by atoms with Gasteiger partial charge in [-0.1, -0.05) is 6.07 Å². The summed E-state index contributed by atoms with van der Waals surface area (Å²) < 4.78 is 0. The molecule has 2 aromatic heterocycles. The fourth-order valence-electron chi connectivity index (χ4n) is 4.48. The molecule has 0 aliphatic carbocycles. The van der Waals surface area contributed by atoms with Gasteiger partial charge in [-0.2, -0.15) is 5.26 Å². The first kappa shape index (κ1) is 20.0. The Balaban J connectivity index is 1.35. The van der Waals surface area contributed by atoms with Crippen LogP contribution >= 0.6 is 0 Å². The van der Waals surface area contributed by atoms with Gasteiger partial charge < -0.3 is 9.80 Å². The second kappa shape index (κ2) is 8.62. The maximum atomic E-state index is 12.8. The lowest BCUT2D eigenvalue weighted by Crippen LogP contribution is -2.52. The Kier molecular flexibility index (Phi) is 5.75. The van der Waals surface area contributed by atoms with E-state index < -0.39 is 0 Å². The third kappa shape index (κ3) is 4.33. The number of nitriles is 1. The van der Waals surface area contributed by atoms with E-state index in [1.54, 1.807) is 18.3 Å². The molecule has 7 nitrogen and oxygen atoms in total. The van der Waals surface area contributed by atoms with Gasteiger partial charge in [0, 0.05) is 51.2 Å². The Hall–Kier alpha value is -3.27. The molecule has 4 rings (SSSR count). The molecule has 0 saturated carbocycles. The lowest BCUT2D eigenvalue weighted by Gasteiger charge is -2.47. The van der Waals surface area contributed by atoms with Gasteiger partial charge >= 0.3 is 0 Å². The quantitative estimate of drug-likeness (QED) is 0.782. The topological polar surface area (TPSA) is 90.2 Å². The fourth-order valence-corrected chi connectivity index (χ4v) is 4.48. The van der Waals surface area contributed by atoms with Gasteiger partial charge in [0.05, 0.1) is 5.56 Å². The van der Waals surface area contributed by atoms with Crippen molar-refractivity contribution in [3.8, 4) is 6.07 Å². The van der Waals surface area contributed by atoms with Gasteiger partial charge in [0.1, 0.15) is 11.8 Å². The average molecular weight is 403 g/mol. The molecule has 154 valence electrons. The second-order valence-corrected chi connectivity index (χ2v) is 8.26. The Morgan fingerprint density at radius 1 is 1.17 bits per heavy atom. The van der Waals surface area contributed by atoms with Crippen LogP contribution in [0.1, 0.15) is 47.3 Å². The number of piperidine rings is 2. The standard InChI is InChI=1S/C23H25N5O2/c24-14-20-4-3-19(16-26-20)22(30)27-12-8-23(9-13-27)7-5-21(29)28(17-23)11-6-18-2-1-10-25-15-18/h1-4,10,15-16H,5-9,11-13,17H2. The maximum Gasteiger partial charge on any atom is 0.255 e. The molecule has 30 heavy (non-hydrogen) atoms. The Morgan fingerprint density at radius 3 is 2.67 bits per heavy atom. The number of carbonyl (C=O) groups is 2. The molecule has 2 fully saturated rings. The molecule has 0 radical (unpaired) electrons. The zero-order valence-electron chi connectivity index (χ0n) is 17.0. The number of aromatic nitrogens is 2. The molecule has 0 aromatic carbocycles. The van der Waals surface area contributed by atoms with Crippen molar-refractivity contribution in [1.29, 1.82) is 5.26 Å². The first-order valence-corrected chi connectivity index (χ1v) is 10.4. The van der Waals surface area contributed by atoms with Gasteiger partial charge in [-0.05, 0) is 54.9 Å². The van der Waals surface area contributed by atoms with E-state index >= 15 is 0 Å². The summed E-state index contributed by atoms with van der Waals surface area (Å²) in [5, 5.41) is 8.86.